The van der Waals surface area contributed by atoms with E-state index in [0.29, 0.717) is 54.8 Å². The maximum absolute atomic E-state index is 17.1. The Balaban J connectivity index is 1.34. The van der Waals surface area contributed by atoms with Gasteiger partial charge in [-0.15, -0.1) is 6.42 Å². The molecule has 4 aliphatic heterocycles. The zero-order valence-corrected chi connectivity index (χ0v) is 26.5. The number of anilines is 1. The van der Waals surface area contributed by atoms with Crippen molar-refractivity contribution in [1.29, 1.82) is 0 Å². The van der Waals surface area contributed by atoms with Crippen molar-refractivity contribution in [3.05, 3.63) is 47.2 Å². The normalized spacial score (nSPS) is 27.1. The minimum atomic E-state index is -0.919. The Labute approximate surface area is 271 Å². The minimum absolute atomic E-state index is 0.0199. The average molecular weight is 643 g/mol. The van der Waals surface area contributed by atoms with Crippen molar-refractivity contribution in [3.8, 4) is 35.4 Å². The number of piperazine rings is 1. The first-order chi connectivity index (χ1) is 22.6. The second-order valence-corrected chi connectivity index (χ2v) is 13.9. The van der Waals surface area contributed by atoms with Crippen LogP contribution in [0.3, 0.4) is 0 Å². The number of ether oxygens (including phenoxy) is 1. The number of phenols is 1. The monoisotopic (exact) mass is 642 g/mol. The Morgan fingerprint density at radius 3 is 2.85 bits per heavy atom. The molecule has 11 heteroatoms. The number of aromatic hydroxyl groups is 1. The molecule has 0 spiro atoms. The van der Waals surface area contributed by atoms with Gasteiger partial charge in [-0.1, -0.05) is 18.9 Å². The number of benzene rings is 2. The number of pyridine rings is 1. The minimum Gasteiger partial charge on any atom is -0.508 e. The Morgan fingerprint density at radius 2 is 2.04 bits per heavy atom. The zero-order valence-electron chi connectivity index (χ0n) is 26.5. The number of aromatic nitrogens is 3. The molecular formula is C36H37F3N6O2. The van der Waals surface area contributed by atoms with Crippen molar-refractivity contribution >= 4 is 27.5 Å². The van der Waals surface area contributed by atoms with E-state index < -0.39 is 23.3 Å². The summed E-state index contributed by atoms with van der Waals surface area (Å²) in [6, 6.07) is 5.65. The number of hydrogen-bond donors (Lipinski definition) is 2. The number of alkyl halides is 1. The Kier molecular flexibility index (Phi) is 7.04. The predicted molar refractivity (Wildman–Crippen MR) is 174 cm³/mol. The molecule has 0 unspecified atom stereocenters. The van der Waals surface area contributed by atoms with Gasteiger partial charge in [-0.3, -0.25) is 4.90 Å². The smallest absolute Gasteiger partial charge is 0.319 e. The quantitative estimate of drug-likeness (QED) is 0.270. The number of hydrogen-bond acceptors (Lipinski definition) is 8. The van der Waals surface area contributed by atoms with Crippen LogP contribution in [0.2, 0.25) is 0 Å². The molecule has 6 heterocycles. The number of aryl methyl sites for hydroxylation is 1. The molecule has 0 radical (unpaired) electrons. The van der Waals surface area contributed by atoms with E-state index in [0.717, 1.165) is 32.2 Å². The second-order valence-electron chi connectivity index (χ2n) is 13.9. The van der Waals surface area contributed by atoms with E-state index in [1.54, 1.807) is 0 Å². The van der Waals surface area contributed by atoms with Gasteiger partial charge >= 0.3 is 6.01 Å². The molecule has 3 fully saturated rings. The summed E-state index contributed by atoms with van der Waals surface area (Å²) >= 11 is 0. The maximum atomic E-state index is 17.1. The van der Waals surface area contributed by atoms with Gasteiger partial charge < -0.3 is 20.1 Å². The van der Waals surface area contributed by atoms with Gasteiger partial charge in [-0.2, -0.15) is 9.97 Å². The lowest BCUT2D eigenvalue weighted by atomic mass is 9.92. The van der Waals surface area contributed by atoms with Gasteiger partial charge in [-0.25, -0.2) is 18.2 Å². The SMILES string of the molecule is C#Cc1c(F)ccc2cc(O)cc(-c3nc4c5c(nc(OC[C@@]67CCCN6C[C@H](F)C7)nc5c3F)N3C[C@@](C)(CC)NC[C@H]3CC4)c12. The first-order valence-corrected chi connectivity index (χ1v) is 16.5. The van der Waals surface area contributed by atoms with E-state index in [1.165, 1.54) is 24.3 Å². The van der Waals surface area contributed by atoms with E-state index in [1.807, 2.05) is 0 Å². The highest BCUT2D eigenvalue weighted by Gasteiger charge is 2.49. The highest BCUT2D eigenvalue weighted by Crippen LogP contribution is 2.44. The van der Waals surface area contributed by atoms with Crippen molar-refractivity contribution in [2.45, 2.75) is 75.7 Å². The van der Waals surface area contributed by atoms with Crippen molar-refractivity contribution in [1.82, 2.24) is 25.2 Å². The van der Waals surface area contributed by atoms with Crippen molar-refractivity contribution in [2.24, 2.45) is 0 Å². The predicted octanol–water partition coefficient (Wildman–Crippen LogP) is 5.66. The molecular weight excluding hydrogens is 605 g/mol. The van der Waals surface area contributed by atoms with Gasteiger partial charge in [0.15, 0.2) is 5.82 Å². The van der Waals surface area contributed by atoms with Crippen molar-refractivity contribution in [2.75, 3.05) is 37.7 Å². The lowest BCUT2D eigenvalue weighted by Crippen LogP contribution is -2.63. The molecule has 4 aliphatic rings. The molecule has 2 aromatic heterocycles. The second kappa shape index (κ2) is 11.0. The Bertz CT molecular complexity index is 1980. The molecule has 244 valence electrons. The lowest BCUT2D eigenvalue weighted by molar-refractivity contribution is 0.107. The van der Waals surface area contributed by atoms with Gasteiger partial charge in [0, 0.05) is 48.6 Å². The van der Waals surface area contributed by atoms with Crippen LogP contribution in [0.25, 0.3) is 32.9 Å². The van der Waals surface area contributed by atoms with Crippen LogP contribution in [0.4, 0.5) is 19.0 Å². The van der Waals surface area contributed by atoms with Gasteiger partial charge in [0.25, 0.3) is 0 Å². The molecule has 0 bridgehead atoms. The summed E-state index contributed by atoms with van der Waals surface area (Å²) in [5.74, 6) is 1.47. The standard InChI is InChI=1S/C36H37F3N6O2/c1-4-24-26(38)9-7-20-13-23(46)14-25(28(20)24)31-30(39)32-29-27(41-31)10-8-22-16-40-35(3,5-2)18-45(22)33(29)43-34(42-32)47-19-36-11-6-12-44(36)17-21(37)15-36/h1,7,9,13-14,21-22,40,46H,5-6,8,10-12,15-19H2,2-3H3/t21-,22-,35-,36+/m1/s1. The zero-order chi connectivity index (χ0) is 32.7. The summed E-state index contributed by atoms with van der Waals surface area (Å²) in [4.78, 5) is 18.9. The lowest BCUT2D eigenvalue weighted by Gasteiger charge is -2.46. The number of halogens is 3. The molecule has 3 saturated heterocycles. The highest BCUT2D eigenvalue weighted by atomic mass is 19.1. The van der Waals surface area contributed by atoms with E-state index in [4.69, 9.17) is 21.1 Å². The van der Waals surface area contributed by atoms with Crippen LogP contribution >= 0.6 is 0 Å². The van der Waals surface area contributed by atoms with E-state index >= 15 is 4.39 Å². The molecule has 2 N–H and O–H groups in total. The van der Waals surface area contributed by atoms with Crippen LogP contribution in [-0.4, -0.2) is 81.0 Å². The van der Waals surface area contributed by atoms with Crippen LogP contribution in [0.5, 0.6) is 11.8 Å². The third-order valence-electron chi connectivity index (χ3n) is 11.0. The number of rotatable bonds is 5. The van der Waals surface area contributed by atoms with Gasteiger partial charge in [0.1, 0.15) is 41.4 Å². The molecule has 4 atom stereocenters. The molecule has 8 nitrogen and oxygen atoms in total. The topological polar surface area (TPSA) is 86.6 Å². The van der Waals surface area contributed by atoms with Gasteiger partial charge in [0.05, 0.1) is 22.2 Å². The first-order valence-electron chi connectivity index (χ1n) is 16.5. The summed E-state index contributed by atoms with van der Waals surface area (Å²) in [6.45, 7) is 7.07. The molecule has 0 saturated carbocycles. The molecule has 47 heavy (non-hydrogen) atoms. The number of terminal acetylenes is 1. The number of fused-ring (bicyclic) bond motifs is 4. The van der Waals surface area contributed by atoms with Gasteiger partial charge in [-0.05, 0) is 69.2 Å². The Morgan fingerprint density at radius 1 is 1.19 bits per heavy atom. The summed E-state index contributed by atoms with van der Waals surface area (Å²) in [5, 5.41) is 15.6. The van der Waals surface area contributed by atoms with Crippen molar-refractivity contribution in [3.63, 3.8) is 0 Å². The highest BCUT2D eigenvalue weighted by molar-refractivity contribution is 6.03. The van der Waals surface area contributed by atoms with Crippen LogP contribution < -0.4 is 15.0 Å². The summed E-state index contributed by atoms with van der Waals surface area (Å²) in [7, 11) is 0. The van der Waals surface area contributed by atoms with Crippen LogP contribution in [0.1, 0.15) is 57.2 Å². The van der Waals surface area contributed by atoms with E-state index in [9.17, 15) is 13.9 Å². The van der Waals surface area contributed by atoms with E-state index in [-0.39, 0.29) is 57.7 Å². The maximum Gasteiger partial charge on any atom is 0.319 e. The van der Waals surface area contributed by atoms with Crippen molar-refractivity contribution < 1.29 is 23.0 Å². The van der Waals surface area contributed by atoms with Gasteiger partial charge in [0.2, 0.25) is 0 Å². The summed E-state index contributed by atoms with van der Waals surface area (Å²) < 4.78 is 53.0. The number of nitrogens with one attached hydrogen (secondary N) is 1. The molecule has 0 aliphatic carbocycles. The fourth-order valence-corrected chi connectivity index (χ4v) is 8.32. The summed E-state index contributed by atoms with van der Waals surface area (Å²) in [6.07, 6.45) is 9.12. The first kappa shape index (κ1) is 30.2. The van der Waals surface area contributed by atoms with Crippen LogP contribution in [-0.2, 0) is 6.42 Å². The molecule has 8 rings (SSSR count). The average Bonchev–Trinajstić information content (AvgIpc) is 3.54. The summed E-state index contributed by atoms with van der Waals surface area (Å²) in [5.41, 5.74) is 0.0678. The molecule has 2 aromatic carbocycles. The van der Waals surface area contributed by atoms with E-state index in [2.05, 4.69) is 39.9 Å². The molecule has 0 amide bonds. The largest absolute Gasteiger partial charge is 0.508 e. The fraction of sp³-hybridized carbons (Fsp3) is 0.472. The Hall–Kier alpha value is -4.14. The van der Waals surface area contributed by atoms with Crippen LogP contribution in [0, 0.1) is 24.0 Å². The third kappa shape index (κ3) is 4.79. The fourth-order valence-electron chi connectivity index (χ4n) is 8.32. The number of nitrogens with zero attached hydrogens (tertiary/aromatic N) is 5. The van der Waals surface area contributed by atoms with Crippen LogP contribution in [0.15, 0.2) is 24.3 Å². The molecule has 4 aromatic rings. The third-order valence-corrected chi connectivity index (χ3v) is 11.0. The number of phenolic OH excluding ortho intramolecular Hbond substituents is 1.